The maximum Gasteiger partial charge on any atom is 0.321 e. The molecule has 1 saturated heterocycles. The van der Waals surface area contributed by atoms with Crippen LogP contribution in [0.5, 0.6) is 0 Å². The molecule has 1 aromatic rings. The molecule has 21 heavy (non-hydrogen) atoms. The van der Waals surface area contributed by atoms with Crippen molar-refractivity contribution in [3.05, 3.63) is 28.2 Å². The summed E-state index contributed by atoms with van der Waals surface area (Å²) >= 11 is 3.25. The first kappa shape index (κ1) is 15.3. The van der Waals surface area contributed by atoms with Crippen molar-refractivity contribution in [2.24, 2.45) is 5.41 Å². The van der Waals surface area contributed by atoms with E-state index in [0.29, 0.717) is 28.7 Å². The molecule has 110 valence electrons. The Kier molecular flexibility index (Phi) is 4.19. The van der Waals surface area contributed by atoms with E-state index in [0.717, 1.165) is 0 Å². The van der Waals surface area contributed by atoms with Crippen LogP contribution in [0, 0.1) is 16.7 Å². The SMILES string of the molecule is CC1(C(=O)O)CCN(C(=O)Nc2ccc(C#N)c(Br)c2)C1. The fourth-order valence-electron chi connectivity index (χ4n) is 2.20. The molecular weight excluding hydrogens is 338 g/mol. The normalized spacial score (nSPS) is 20.9. The Labute approximate surface area is 130 Å². The van der Waals surface area contributed by atoms with Crippen molar-refractivity contribution < 1.29 is 14.7 Å². The lowest BCUT2D eigenvalue weighted by Gasteiger charge is -2.20. The van der Waals surface area contributed by atoms with Crippen molar-refractivity contribution in [3.63, 3.8) is 0 Å². The molecule has 2 amide bonds. The number of nitrogens with one attached hydrogen (secondary N) is 1. The zero-order valence-corrected chi connectivity index (χ0v) is 13.0. The summed E-state index contributed by atoms with van der Waals surface area (Å²) in [7, 11) is 0. The fourth-order valence-corrected chi connectivity index (χ4v) is 2.66. The summed E-state index contributed by atoms with van der Waals surface area (Å²) < 4.78 is 0.597. The fraction of sp³-hybridized carbons (Fsp3) is 0.357. The number of nitriles is 1. The third-order valence-electron chi connectivity index (χ3n) is 3.62. The molecule has 0 aromatic heterocycles. The van der Waals surface area contributed by atoms with E-state index in [1.165, 1.54) is 4.90 Å². The highest BCUT2D eigenvalue weighted by atomic mass is 79.9. The number of likely N-dealkylation sites (tertiary alicyclic amines) is 1. The minimum atomic E-state index is -0.890. The Morgan fingerprint density at radius 1 is 1.52 bits per heavy atom. The molecule has 0 spiro atoms. The average molecular weight is 352 g/mol. The van der Waals surface area contributed by atoms with Gasteiger partial charge in [0.05, 0.1) is 11.0 Å². The maximum atomic E-state index is 12.1. The molecule has 0 radical (unpaired) electrons. The van der Waals surface area contributed by atoms with Crippen molar-refractivity contribution >= 4 is 33.6 Å². The van der Waals surface area contributed by atoms with Gasteiger partial charge in [0.2, 0.25) is 0 Å². The smallest absolute Gasteiger partial charge is 0.321 e. The van der Waals surface area contributed by atoms with Gasteiger partial charge in [-0.1, -0.05) is 0 Å². The number of carbonyl (C=O) groups is 2. The van der Waals surface area contributed by atoms with Crippen LogP contribution in [0.3, 0.4) is 0 Å². The van der Waals surface area contributed by atoms with Gasteiger partial charge in [-0.15, -0.1) is 0 Å². The van der Waals surface area contributed by atoms with E-state index in [1.807, 2.05) is 6.07 Å². The summed E-state index contributed by atoms with van der Waals surface area (Å²) in [5.74, 6) is -0.890. The summed E-state index contributed by atoms with van der Waals surface area (Å²) in [6.45, 7) is 2.23. The first-order valence-electron chi connectivity index (χ1n) is 6.35. The molecule has 1 heterocycles. The minimum Gasteiger partial charge on any atom is -0.481 e. The van der Waals surface area contributed by atoms with Gasteiger partial charge >= 0.3 is 12.0 Å². The van der Waals surface area contributed by atoms with Gasteiger partial charge in [0.25, 0.3) is 0 Å². The van der Waals surface area contributed by atoms with Gasteiger partial charge < -0.3 is 15.3 Å². The number of hydrogen-bond donors (Lipinski definition) is 2. The van der Waals surface area contributed by atoms with E-state index < -0.39 is 11.4 Å². The Hall–Kier alpha value is -2.07. The average Bonchev–Trinajstić information content (AvgIpc) is 2.83. The molecule has 1 aliphatic heterocycles. The van der Waals surface area contributed by atoms with Gasteiger partial charge in [0.1, 0.15) is 6.07 Å². The second-order valence-corrected chi connectivity index (χ2v) is 6.13. The number of rotatable bonds is 2. The highest BCUT2D eigenvalue weighted by Gasteiger charge is 2.42. The number of amides is 2. The molecule has 1 atom stereocenters. The molecule has 0 bridgehead atoms. The number of carbonyl (C=O) groups excluding carboxylic acids is 1. The number of carboxylic acid groups (broad SMARTS) is 1. The number of nitrogens with zero attached hydrogens (tertiary/aromatic N) is 2. The lowest BCUT2D eigenvalue weighted by Crippen LogP contribution is -2.37. The molecule has 0 saturated carbocycles. The van der Waals surface area contributed by atoms with Gasteiger partial charge in [-0.3, -0.25) is 4.79 Å². The summed E-state index contributed by atoms with van der Waals surface area (Å²) in [5.41, 5.74) is 0.144. The number of hydrogen-bond acceptors (Lipinski definition) is 3. The van der Waals surface area contributed by atoms with Crippen molar-refractivity contribution in [3.8, 4) is 6.07 Å². The molecule has 7 heteroatoms. The predicted molar refractivity (Wildman–Crippen MR) is 79.8 cm³/mol. The highest BCUT2D eigenvalue weighted by Crippen LogP contribution is 2.30. The maximum absolute atomic E-state index is 12.1. The van der Waals surface area contributed by atoms with E-state index in [-0.39, 0.29) is 12.6 Å². The van der Waals surface area contributed by atoms with E-state index >= 15 is 0 Å². The van der Waals surface area contributed by atoms with E-state index in [4.69, 9.17) is 10.4 Å². The third-order valence-corrected chi connectivity index (χ3v) is 4.27. The third kappa shape index (κ3) is 3.16. The van der Waals surface area contributed by atoms with Crippen LogP contribution in [-0.4, -0.2) is 35.1 Å². The molecule has 1 aliphatic rings. The summed E-state index contributed by atoms with van der Waals surface area (Å²) in [6, 6.07) is 6.56. The van der Waals surface area contributed by atoms with Crippen molar-refractivity contribution in [2.75, 3.05) is 18.4 Å². The molecular formula is C14H14BrN3O3. The van der Waals surface area contributed by atoms with Crippen LogP contribution < -0.4 is 5.32 Å². The van der Waals surface area contributed by atoms with Crippen LogP contribution in [0.1, 0.15) is 18.9 Å². The molecule has 1 fully saturated rings. The summed E-state index contributed by atoms with van der Waals surface area (Å²) in [4.78, 5) is 24.8. The Balaban J connectivity index is 2.05. The van der Waals surface area contributed by atoms with Gasteiger partial charge in [0.15, 0.2) is 0 Å². The Morgan fingerprint density at radius 3 is 2.76 bits per heavy atom. The van der Waals surface area contributed by atoms with Crippen LogP contribution in [-0.2, 0) is 4.79 Å². The number of halogens is 1. The summed E-state index contributed by atoms with van der Waals surface area (Å²) in [6.07, 6.45) is 0.437. The Morgan fingerprint density at radius 2 is 2.24 bits per heavy atom. The quantitative estimate of drug-likeness (QED) is 0.856. The topological polar surface area (TPSA) is 93.4 Å². The molecule has 2 N–H and O–H groups in total. The molecule has 6 nitrogen and oxygen atoms in total. The number of aliphatic carboxylic acids is 1. The highest BCUT2D eigenvalue weighted by molar-refractivity contribution is 9.10. The molecule has 0 aliphatic carbocycles. The van der Waals surface area contributed by atoms with Crippen LogP contribution >= 0.6 is 15.9 Å². The van der Waals surface area contributed by atoms with Crippen LogP contribution in [0.2, 0.25) is 0 Å². The zero-order chi connectivity index (χ0) is 15.6. The predicted octanol–water partition coefficient (Wildman–Crippen LogP) is 2.65. The molecule has 1 unspecified atom stereocenters. The molecule has 2 rings (SSSR count). The molecule has 1 aromatic carbocycles. The van der Waals surface area contributed by atoms with Gasteiger partial charge in [-0.25, -0.2) is 4.79 Å². The largest absolute Gasteiger partial charge is 0.481 e. The minimum absolute atomic E-state index is 0.186. The van der Waals surface area contributed by atoms with Gasteiger partial charge in [-0.05, 0) is 47.5 Å². The van der Waals surface area contributed by atoms with Crippen molar-refractivity contribution in [2.45, 2.75) is 13.3 Å². The van der Waals surface area contributed by atoms with Crippen LogP contribution in [0.25, 0.3) is 0 Å². The first-order chi connectivity index (χ1) is 9.85. The van der Waals surface area contributed by atoms with Crippen LogP contribution in [0.15, 0.2) is 22.7 Å². The zero-order valence-electron chi connectivity index (χ0n) is 11.4. The van der Waals surface area contributed by atoms with Gasteiger partial charge in [-0.2, -0.15) is 5.26 Å². The second-order valence-electron chi connectivity index (χ2n) is 5.27. The lowest BCUT2D eigenvalue weighted by atomic mass is 9.90. The lowest BCUT2D eigenvalue weighted by molar-refractivity contribution is -0.146. The van der Waals surface area contributed by atoms with Crippen molar-refractivity contribution in [1.82, 2.24) is 4.90 Å². The van der Waals surface area contributed by atoms with E-state index in [2.05, 4.69) is 21.2 Å². The standard InChI is InChI=1S/C14H14BrN3O3/c1-14(12(19)20)4-5-18(8-14)13(21)17-10-3-2-9(7-16)11(15)6-10/h2-3,6H,4-5,8H2,1H3,(H,17,21)(H,19,20). The monoisotopic (exact) mass is 351 g/mol. The Bertz CT molecular complexity index is 641. The van der Waals surface area contributed by atoms with E-state index in [1.54, 1.807) is 25.1 Å². The number of benzene rings is 1. The number of anilines is 1. The first-order valence-corrected chi connectivity index (χ1v) is 7.14. The number of urea groups is 1. The van der Waals surface area contributed by atoms with E-state index in [9.17, 15) is 9.59 Å². The van der Waals surface area contributed by atoms with Gasteiger partial charge in [0, 0.05) is 23.2 Å². The second kappa shape index (κ2) is 5.74. The summed E-state index contributed by atoms with van der Waals surface area (Å²) in [5, 5.41) is 20.7. The number of carboxylic acids is 1. The van der Waals surface area contributed by atoms with Crippen molar-refractivity contribution in [1.29, 1.82) is 5.26 Å². The van der Waals surface area contributed by atoms with Crippen LogP contribution in [0.4, 0.5) is 10.5 Å².